The number of fused-ring (bicyclic) bond motifs is 2. The van der Waals surface area contributed by atoms with E-state index in [0.29, 0.717) is 31.4 Å². The molecule has 2 aromatic heterocycles. The fraction of sp³-hybridized carbons (Fsp3) is 0.308. The number of aromatic nitrogens is 2. The van der Waals surface area contributed by atoms with Crippen LogP contribution in [0, 0.1) is 5.92 Å². The van der Waals surface area contributed by atoms with E-state index in [9.17, 15) is 13.6 Å². The molecule has 4 nitrogen and oxygen atoms in total. The van der Waals surface area contributed by atoms with Crippen molar-refractivity contribution in [2.45, 2.75) is 44.6 Å². The zero-order chi connectivity index (χ0) is 22.3. The summed E-state index contributed by atoms with van der Waals surface area (Å²) in [7, 11) is 0. The zero-order valence-electron chi connectivity index (χ0n) is 17.7. The van der Waals surface area contributed by atoms with Crippen molar-refractivity contribution in [2.24, 2.45) is 11.7 Å². The first-order valence-corrected chi connectivity index (χ1v) is 11.0. The van der Waals surface area contributed by atoms with Crippen LogP contribution < -0.4 is 5.73 Å². The average Bonchev–Trinajstić information content (AvgIpc) is 3.15. The van der Waals surface area contributed by atoms with Crippen molar-refractivity contribution in [3.8, 4) is 0 Å². The van der Waals surface area contributed by atoms with Gasteiger partial charge in [0.15, 0.2) is 0 Å². The summed E-state index contributed by atoms with van der Waals surface area (Å²) in [6.07, 6.45) is 5.20. The standard InChI is InChI=1S/C26H25F2N3O/c27-26(28)10-8-17(9-11-26)12-20-5-3-7-23-24(20)21(25(29)32)16-31(23)15-18-13-19-4-1-2-6-22(19)30-14-18/h1-7,13-14,16-17H,8-12,15H2,(H2,29,32). The molecule has 1 aliphatic rings. The van der Waals surface area contributed by atoms with Gasteiger partial charge < -0.3 is 10.3 Å². The predicted octanol–water partition coefficient (Wildman–Crippen LogP) is 5.70. The maximum absolute atomic E-state index is 13.6. The molecule has 1 amide bonds. The minimum atomic E-state index is -2.54. The van der Waals surface area contributed by atoms with Crippen LogP contribution in [0.25, 0.3) is 21.8 Å². The van der Waals surface area contributed by atoms with Crippen molar-refractivity contribution in [1.29, 1.82) is 0 Å². The van der Waals surface area contributed by atoms with Gasteiger partial charge >= 0.3 is 0 Å². The molecule has 0 spiro atoms. The van der Waals surface area contributed by atoms with E-state index in [-0.39, 0.29) is 18.8 Å². The Balaban J connectivity index is 1.50. The maximum atomic E-state index is 13.6. The van der Waals surface area contributed by atoms with Crippen LogP contribution in [0.2, 0.25) is 0 Å². The van der Waals surface area contributed by atoms with Crippen LogP contribution >= 0.6 is 0 Å². The molecule has 0 radical (unpaired) electrons. The first-order chi connectivity index (χ1) is 15.4. The number of nitrogens with two attached hydrogens (primary N) is 1. The zero-order valence-corrected chi connectivity index (χ0v) is 17.7. The lowest BCUT2D eigenvalue weighted by molar-refractivity contribution is -0.0456. The number of nitrogens with zero attached hydrogens (tertiary/aromatic N) is 2. The Hall–Kier alpha value is -3.28. The molecule has 2 N–H and O–H groups in total. The van der Waals surface area contributed by atoms with E-state index in [4.69, 9.17) is 5.73 Å². The van der Waals surface area contributed by atoms with Crippen LogP contribution in [-0.2, 0) is 13.0 Å². The van der Waals surface area contributed by atoms with Gasteiger partial charge in [-0.25, -0.2) is 8.78 Å². The van der Waals surface area contributed by atoms with Crippen molar-refractivity contribution in [1.82, 2.24) is 9.55 Å². The number of pyridine rings is 1. The molecule has 2 aromatic carbocycles. The second-order valence-corrected chi connectivity index (χ2v) is 8.89. The van der Waals surface area contributed by atoms with Gasteiger partial charge in [0.05, 0.1) is 11.1 Å². The van der Waals surface area contributed by atoms with Gasteiger partial charge in [-0.2, -0.15) is 0 Å². The number of rotatable bonds is 5. The monoisotopic (exact) mass is 433 g/mol. The van der Waals surface area contributed by atoms with Crippen LogP contribution in [0.5, 0.6) is 0 Å². The lowest BCUT2D eigenvalue weighted by Crippen LogP contribution is -2.25. The van der Waals surface area contributed by atoms with E-state index < -0.39 is 11.8 Å². The van der Waals surface area contributed by atoms with Gasteiger partial charge in [0.2, 0.25) is 5.92 Å². The summed E-state index contributed by atoms with van der Waals surface area (Å²) in [6, 6.07) is 16.0. The maximum Gasteiger partial charge on any atom is 0.250 e. The van der Waals surface area contributed by atoms with Gasteiger partial charge in [-0.05, 0) is 54.5 Å². The van der Waals surface area contributed by atoms with Crippen LogP contribution in [0.15, 0.2) is 60.9 Å². The van der Waals surface area contributed by atoms with E-state index in [1.807, 2.05) is 53.2 Å². The molecule has 0 saturated heterocycles. The molecule has 1 aliphatic carbocycles. The van der Waals surface area contributed by atoms with Crippen molar-refractivity contribution in [2.75, 3.05) is 0 Å². The molecule has 6 heteroatoms. The lowest BCUT2D eigenvalue weighted by atomic mass is 9.82. The van der Waals surface area contributed by atoms with E-state index in [1.165, 1.54) is 0 Å². The quantitative estimate of drug-likeness (QED) is 0.439. The fourth-order valence-electron chi connectivity index (χ4n) is 4.93. The molecule has 0 atom stereocenters. The van der Waals surface area contributed by atoms with Crippen molar-refractivity contribution in [3.05, 3.63) is 77.6 Å². The summed E-state index contributed by atoms with van der Waals surface area (Å²) >= 11 is 0. The molecule has 2 heterocycles. The Labute approximate surface area is 185 Å². The number of halogens is 2. The first kappa shape index (κ1) is 20.6. The number of hydrogen-bond acceptors (Lipinski definition) is 2. The molecule has 1 fully saturated rings. The van der Waals surface area contributed by atoms with E-state index >= 15 is 0 Å². The van der Waals surface area contributed by atoms with Crippen molar-refractivity contribution >= 4 is 27.7 Å². The largest absolute Gasteiger partial charge is 0.366 e. The van der Waals surface area contributed by atoms with Crippen LogP contribution in [0.3, 0.4) is 0 Å². The Morgan fingerprint density at radius 3 is 2.69 bits per heavy atom. The molecular weight excluding hydrogens is 408 g/mol. The number of para-hydroxylation sites is 1. The fourth-order valence-corrected chi connectivity index (χ4v) is 4.93. The second-order valence-electron chi connectivity index (χ2n) is 8.89. The number of amides is 1. The van der Waals surface area contributed by atoms with E-state index in [0.717, 1.165) is 32.9 Å². The highest BCUT2D eigenvalue weighted by Gasteiger charge is 2.35. The Morgan fingerprint density at radius 1 is 1.12 bits per heavy atom. The van der Waals surface area contributed by atoms with Gasteiger partial charge in [-0.3, -0.25) is 9.78 Å². The normalized spacial score (nSPS) is 16.6. The lowest BCUT2D eigenvalue weighted by Gasteiger charge is -2.28. The van der Waals surface area contributed by atoms with Crippen molar-refractivity contribution in [3.63, 3.8) is 0 Å². The minimum Gasteiger partial charge on any atom is -0.366 e. The Morgan fingerprint density at radius 2 is 1.91 bits per heavy atom. The van der Waals surface area contributed by atoms with Crippen LogP contribution in [0.4, 0.5) is 8.78 Å². The van der Waals surface area contributed by atoms with Gasteiger partial charge in [0, 0.05) is 48.1 Å². The highest BCUT2D eigenvalue weighted by atomic mass is 19.3. The Bertz CT molecular complexity index is 1300. The van der Waals surface area contributed by atoms with Gasteiger partial charge in [0.1, 0.15) is 0 Å². The van der Waals surface area contributed by atoms with Gasteiger partial charge in [-0.1, -0.05) is 30.3 Å². The third-order valence-electron chi connectivity index (χ3n) is 6.60. The summed E-state index contributed by atoms with van der Waals surface area (Å²) in [5, 5.41) is 1.90. The van der Waals surface area contributed by atoms with Gasteiger partial charge in [-0.15, -0.1) is 0 Å². The summed E-state index contributed by atoms with van der Waals surface area (Å²) in [4.78, 5) is 16.8. The molecule has 0 unspecified atom stereocenters. The molecule has 4 aromatic rings. The first-order valence-electron chi connectivity index (χ1n) is 11.0. The summed E-state index contributed by atoms with van der Waals surface area (Å²) in [5.74, 6) is -2.83. The van der Waals surface area contributed by atoms with Gasteiger partial charge in [0.25, 0.3) is 5.91 Å². The minimum absolute atomic E-state index is 0.0632. The molecule has 1 saturated carbocycles. The topological polar surface area (TPSA) is 60.9 Å². The third kappa shape index (κ3) is 3.97. The molecule has 5 rings (SSSR count). The Kier molecular flexibility index (Phi) is 5.16. The molecule has 164 valence electrons. The second kappa shape index (κ2) is 8.01. The molecular formula is C26H25F2N3O. The smallest absolute Gasteiger partial charge is 0.250 e. The molecule has 0 aliphatic heterocycles. The summed E-state index contributed by atoms with van der Waals surface area (Å²) in [6.45, 7) is 0.556. The van der Waals surface area contributed by atoms with Crippen LogP contribution in [-0.4, -0.2) is 21.4 Å². The molecule has 32 heavy (non-hydrogen) atoms. The average molecular weight is 434 g/mol. The predicted molar refractivity (Wildman–Crippen MR) is 122 cm³/mol. The summed E-state index contributed by atoms with van der Waals surface area (Å²) < 4.78 is 29.2. The SMILES string of the molecule is NC(=O)c1cn(Cc2cnc3ccccc3c2)c2cccc(CC3CCC(F)(F)CC3)c12. The highest BCUT2D eigenvalue weighted by Crippen LogP contribution is 2.38. The van der Waals surface area contributed by atoms with E-state index in [1.54, 1.807) is 6.20 Å². The number of hydrogen-bond donors (Lipinski definition) is 1. The number of benzene rings is 2. The summed E-state index contributed by atoms with van der Waals surface area (Å²) in [5.41, 5.74) is 10.1. The van der Waals surface area contributed by atoms with E-state index in [2.05, 4.69) is 11.1 Å². The van der Waals surface area contributed by atoms with Crippen molar-refractivity contribution < 1.29 is 13.6 Å². The molecule has 0 bridgehead atoms. The highest BCUT2D eigenvalue weighted by molar-refractivity contribution is 6.07. The third-order valence-corrected chi connectivity index (χ3v) is 6.60. The number of alkyl halides is 2. The van der Waals surface area contributed by atoms with Crippen LogP contribution in [0.1, 0.15) is 47.2 Å². The number of carbonyl (C=O) groups excluding carboxylic acids is 1. The number of primary amides is 1. The number of carbonyl (C=O) groups is 1.